The minimum absolute atomic E-state index is 0.237. The van der Waals surface area contributed by atoms with Crippen LogP contribution in [0.5, 0.6) is 0 Å². The van der Waals surface area contributed by atoms with E-state index in [2.05, 4.69) is 24.5 Å². The minimum atomic E-state index is 0.237. The molecule has 1 amide bonds. The maximum atomic E-state index is 11.9. The average molecular weight is 212 g/mol. The summed E-state index contributed by atoms with van der Waals surface area (Å²) in [7, 11) is 0. The second-order valence-corrected chi connectivity index (χ2v) is 4.47. The average Bonchev–Trinajstić information content (AvgIpc) is 2.70. The summed E-state index contributed by atoms with van der Waals surface area (Å²) in [4.78, 5) is 11.9. The number of amides is 1. The van der Waals surface area contributed by atoms with Crippen molar-refractivity contribution in [2.75, 3.05) is 13.1 Å². The Kier molecular flexibility index (Phi) is 5.69. The minimum Gasteiger partial charge on any atom is -0.352 e. The van der Waals surface area contributed by atoms with Crippen molar-refractivity contribution in [1.82, 2.24) is 10.6 Å². The highest BCUT2D eigenvalue weighted by atomic mass is 16.1. The molecule has 1 aliphatic heterocycles. The smallest absolute Gasteiger partial charge is 0.223 e. The SMILES string of the molecule is CCCC(CCC)C(=O)NC1CCNC1. The highest BCUT2D eigenvalue weighted by Gasteiger charge is 2.21. The molecule has 1 aliphatic rings. The topological polar surface area (TPSA) is 41.1 Å². The van der Waals surface area contributed by atoms with Crippen LogP contribution < -0.4 is 10.6 Å². The molecular formula is C12H24N2O. The van der Waals surface area contributed by atoms with Gasteiger partial charge in [-0.3, -0.25) is 4.79 Å². The number of rotatable bonds is 6. The summed E-state index contributed by atoms with van der Waals surface area (Å²) >= 11 is 0. The summed E-state index contributed by atoms with van der Waals surface area (Å²) in [5, 5.41) is 6.41. The van der Waals surface area contributed by atoms with Gasteiger partial charge in [-0.25, -0.2) is 0 Å². The summed E-state index contributed by atoms with van der Waals surface area (Å²) in [6, 6.07) is 0.369. The highest BCUT2D eigenvalue weighted by Crippen LogP contribution is 2.14. The van der Waals surface area contributed by atoms with Gasteiger partial charge >= 0.3 is 0 Å². The molecular weight excluding hydrogens is 188 g/mol. The lowest BCUT2D eigenvalue weighted by Crippen LogP contribution is -2.40. The van der Waals surface area contributed by atoms with Crippen LogP contribution in [0.15, 0.2) is 0 Å². The van der Waals surface area contributed by atoms with Crippen LogP contribution in [-0.4, -0.2) is 25.0 Å². The largest absolute Gasteiger partial charge is 0.352 e. The number of carbonyl (C=O) groups excluding carboxylic acids is 1. The van der Waals surface area contributed by atoms with Gasteiger partial charge in [0.2, 0.25) is 5.91 Å². The van der Waals surface area contributed by atoms with Crippen LogP contribution in [0.1, 0.15) is 46.0 Å². The van der Waals surface area contributed by atoms with Crippen molar-refractivity contribution in [3.63, 3.8) is 0 Å². The normalized spacial score (nSPS) is 20.9. The maximum Gasteiger partial charge on any atom is 0.223 e. The van der Waals surface area contributed by atoms with Crippen molar-refractivity contribution in [3.8, 4) is 0 Å². The zero-order valence-electron chi connectivity index (χ0n) is 10.0. The third-order valence-electron chi connectivity index (χ3n) is 3.05. The zero-order valence-corrected chi connectivity index (χ0v) is 10.0. The van der Waals surface area contributed by atoms with Crippen molar-refractivity contribution in [2.45, 2.75) is 52.0 Å². The molecule has 1 fully saturated rings. The molecule has 0 aromatic rings. The molecule has 1 heterocycles. The molecule has 3 nitrogen and oxygen atoms in total. The van der Waals surface area contributed by atoms with E-state index in [1.807, 2.05) is 0 Å². The van der Waals surface area contributed by atoms with Crippen LogP contribution in [-0.2, 0) is 4.79 Å². The van der Waals surface area contributed by atoms with Crippen molar-refractivity contribution in [3.05, 3.63) is 0 Å². The van der Waals surface area contributed by atoms with Gasteiger partial charge in [0.15, 0.2) is 0 Å². The summed E-state index contributed by atoms with van der Waals surface area (Å²) in [6.45, 7) is 6.27. The molecule has 0 aromatic heterocycles. The Balaban J connectivity index is 2.33. The van der Waals surface area contributed by atoms with Gasteiger partial charge in [0, 0.05) is 18.5 Å². The number of hydrogen-bond donors (Lipinski definition) is 2. The molecule has 0 radical (unpaired) electrons. The Morgan fingerprint density at radius 2 is 2.07 bits per heavy atom. The van der Waals surface area contributed by atoms with Crippen LogP contribution in [0.25, 0.3) is 0 Å². The second kappa shape index (κ2) is 6.83. The van der Waals surface area contributed by atoms with Gasteiger partial charge in [0.05, 0.1) is 0 Å². The predicted octanol–water partition coefficient (Wildman–Crippen LogP) is 1.68. The van der Waals surface area contributed by atoms with Gasteiger partial charge in [-0.2, -0.15) is 0 Å². The Morgan fingerprint density at radius 3 is 2.53 bits per heavy atom. The van der Waals surface area contributed by atoms with Crippen LogP contribution in [0.2, 0.25) is 0 Å². The summed E-state index contributed by atoms with van der Waals surface area (Å²) in [5.74, 6) is 0.507. The van der Waals surface area contributed by atoms with E-state index in [1.54, 1.807) is 0 Å². The molecule has 0 aliphatic carbocycles. The Hall–Kier alpha value is -0.570. The van der Waals surface area contributed by atoms with E-state index in [9.17, 15) is 4.79 Å². The first-order chi connectivity index (χ1) is 7.27. The molecule has 1 unspecified atom stereocenters. The first-order valence-corrected chi connectivity index (χ1v) is 6.29. The van der Waals surface area contributed by atoms with Gasteiger partial charge in [-0.15, -0.1) is 0 Å². The van der Waals surface area contributed by atoms with Crippen molar-refractivity contribution >= 4 is 5.91 Å². The molecule has 1 atom stereocenters. The van der Waals surface area contributed by atoms with E-state index < -0.39 is 0 Å². The Labute approximate surface area is 93.0 Å². The van der Waals surface area contributed by atoms with E-state index in [-0.39, 0.29) is 11.8 Å². The maximum absolute atomic E-state index is 11.9. The van der Waals surface area contributed by atoms with Gasteiger partial charge in [-0.1, -0.05) is 26.7 Å². The molecule has 0 saturated carbocycles. The quantitative estimate of drug-likeness (QED) is 0.703. The molecule has 1 rings (SSSR count). The van der Waals surface area contributed by atoms with E-state index in [1.165, 1.54) is 0 Å². The highest BCUT2D eigenvalue weighted by molar-refractivity contribution is 5.78. The van der Waals surface area contributed by atoms with Gasteiger partial charge in [0.25, 0.3) is 0 Å². The van der Waals surface area contributed by atoms with Crippen LogP contribution in [0.4, 0.5) is 0 Å². The second-order valence-electron chi connectivity index (χ2n) is 4.47. The van der Waals surface area contributed by atoms with E-state index in [0.29, 0.717) is 6.04 Å². The number of hydrogen-bond acceptors (Lipinski definition) is 2. The molecule has 15 heavy (non-hydrogen) atoms. The van der Waals surface area contributed by atoms with E-state index in [0.717, 1.165) is 45.2 Å². The fourth-order valence-corrected chi connectivity index (χ4v) is 2.20. The third kappa shape index (κ3) is 4.20. The van der Waals surface area contributed by atoms with Gasteiger partial charge < -0.3 is 10.6 Å². The molecule has 3 heteroatoms. The fraction of sp³-hybridized carbons (Fsp3) is 0.917. The first-order valence-electron chi connectivity index (χ1n) is 6.29. The monoisotopic (exact) mass is 212 g/mol. The Morgan fingerprint density at radius 1 is 1.40 bits per heavy atom. The predicted molar refractivity (Wildman–Crippen MR) is 62.7 cm³/mol. The summed E-state index contributed by atoms with van der Waals surface area (Å²) in [6.07, 6.45) is 5.33. The Bertz CT molecular complexity index is 182. The fourth-order valence-electron chi connectivity index (χ4n) is 2.20. The number of nitrogens with one attached hydrogen (secondary N) is 2. The standard InChI is InChI=1S/C12H24N2O/c1-3-5-10(6-4-2)12(15)14-11-7-8-13-9-11/h10-11,13H,3-9H2,1-2H3,(H,14,15). The molecule has 0 aromatic carbocycles. The lowest BCUT2D eigenvalue weighted by molar-refractivity contribution is -0.126. The van der Waals surface area contributed by atoms with Crippen molar-refractivity contribution < 1.29 is 4.79 Å². The van der Waals surface area contributed by atoms with Gasteiger partial charge in [-0.05, 0) is 25.8 Å². The van der Waals surface area contributed by atoms with E-state index >= 15 is 0 Å². The van der Waals surface area contributed by atoms with Crippen LogP contribution in [0, 0.1) is 5.92 Å². The molecule has 88 valence electrons. The lowest BCUT2D eigenvalue weighted by atomic mass is 9.97. The molecule has 2 N–H and O–H groups in total. The lowest BCUT2D eigenvalue weighted by Gasteiger charge is -2.18. The first kappa shape index (κ1) is 12.5. The number of carbonyl (C=O) groups is 1. The van der Waals surface area contributed by atoms with Crippen LogP contribution >= 0.6 is 0 Å². The molecule has 0 bridgehead atoms. The third-order valence-corrected chi connectivity index (χ3v) is 3.05. The molecule has 0 spiro atoms. The summed E-state index contributed by atoms with van der Waals surface area (Å²) in [5.41, 5.74) is 0. The van der Waals surface area contributed by atoms with Crippen LogP contribution in [0.3, 0.4) is 0 Å². The van der Waals surface area contributed by atoms with Crippen molar-refractivity contribution in [2.24, 2.45) is 5.92 Å². The van der Waals surface area contributed by atoms with Gasteiger partial charge in [0.1, 0.15) is 0 Å². The summed E-state index contributed by atoms with van der Waals surface area (Å²) < 4.78 is 0. The van der Waals surface area contributed by atoms with Crippen molar-refractivity contribution in [1.29, 1.82) is 0 Å². The zero-order chi connectivity index (χ0) is 11.1. The molecule has 1 saturated heterocycles. The van der Waals surface area contributed by atoms with E-state index in [4.69, 9.17) is 0 Å².